The minimum absolute atomic E-state index is 0.425. The largest absolute Gasteiger partial charge is 0.508 e. The quantitative estimate of drug-likeness (QED) is 0.856. The van der Waals surface area contributed by atoms with Gasteiger partial charge in [-0.2, -0.15) is 0 Å². The van der Waals surface area contributed by atoms with Crippen molar-refractivity contribution >= 4 is 0 Å². The fourth-order valence-corrected chi connectivity index (χ4v) is 2.82. The molecule has 1 fully saturated rings. The fraction of sp³-hybridized carbons (Fsp3) is 0.625. The van der Waals surface area contributed by atoms with Crippen molar-refractivity contribution in [1.82, 2.24) is 10.2 Å². The van der Waals surface area contributed by atoms with Crippen molar-refractivity contribution in [2.75, 3.05) is 26.2 Å². The maximum Gasteiger partial charge on any atom is 0.120 e. The molecule has 1 aromatic rings. The minimum Gasteiger partial charge on any atom is -0.508 e. The lowest BCUT2D eigenvalue weighted by Crippen LogP contribution is -2.35. The van der Waals surface area contributed by atoms with Gasteiger partial charge in [-0.1, -0.05) is 24.6 Å². The zero-order valence-corrected chi connectivity index (χ0v) is 12.2. The van der Waals surface area contributed by atoms with E-state index < -0.39 is 0 Å². The Morgan fingerprint density at radius 2 is 2.05 bits per heavy atom. The molecule has 0 aliphatic carbocycles. The highest BCUT2D eigenvalue weighted by Crippen LogP contribution is 2.21. The molecule has 3 nitrogen and oxygen atoms in total. The van der Waals surface area contributed by atoms with E-state index in [9.17, 15) is 5.11 Å². The molecule has 0 aromatic heterocycles. The molecule has 106 valence electrons. The molecular formula is C16H26N2O. The van der Waals surface area contributed by atoms with Crippen LogP contribution in [-0.4, -0.2) is 36.2 Å². The van der Waals surface area contributed by atoms with Gasteiger partial charge in [0.25, 0.3) is 0 Å². The van der Waals surface area contributed by atoms with Gasteiger partial charge in [-0.15, -0.1) is 0 Å². The van der Waals surface area contributed by atoms with E-state index in [1.54, 1.807) is 0 Å². The molecule has 1 aromatic carbocycles. The predicted octanol–water partition coefficient (Wildman–Crippen LogP) is 2.52. The monoisotopic (exact) mass is 262 g/mol. The number of aromatic hydroxyl groups is 1. The molecule has 1 aliphatic rings. The second kappa shape index (κ2) is 6.92. The van der Waals surface area contributed by atoms with Crippen LogP contribution in [0.1, 0.15) is 30.9 Å². The predicted molar refractivity (Wildman–Crippen MR) is 79.4 cm³/mol. The molecule has 2 rings (SSSR count). The first-order chi connectivity index (χ1) is 9.19. The summed E-state index contributed by atoms with van der Waals surface area (Å²) in [5, 5.41) is 13.4. The van der Waals surface area contributed by atoms with Gasteiger partial charge in [-0.25, -0.2) is 0 Å². The zero-order chi connectivity index (χ0) is 13.7. The Kier molecular flexibility index (Phi) is 5.23. The molecule has 1 saturated heterocycles. The second-order valence-corrected chi connectivity index (χ2v) is 5.65. The maximum atomic E-state index is 9.95. The number of nitrogens with zero attached hydrogens (tertiary/aromatic N) is 1. The Balaban J connectivity index is 1.95. The summed E-state index contributed by atoms with van der Waals surface area (Å²) < 4.78 is 0. The van der Waals surface area contributed by atoms with E-state index in [4.69, 9.17) is 0 Å². The zero-order valence-electron chi connectivity index (χ0n) is 12.2. The smallest absolute Gasteiger partial charge is 0.120 e. The van der Waals surface area contributed by atoms with Crippen molar-refractivity contribution in [3.05, 3.63) is 29.3 Å². The number of hydrogen-bond acceptors (Lipinski definition) is 3. The van der Waals surface area contributed by atoms with Gasteiger partial charge in [0.15, 0.2) is 0 Å². The lowest BCUT2D eigenvalue weighted by Gasteiger charge is -2.29. The molecule has 0 bridgehead atoms. The molecule has 1 aliphatic heterocycles. The van der Waals surface area contributed by atoms with Crippen LogP contribution in [0.25, 0.3) is 0 Å². The van der Waals surface area contributed by atoms with Crippen LogP contribution in [-0.2, 0) is 6.54 Å². The van der Waals surface area contributed by atoms with E-state index in [0.29, 0.717) is 5.75 Å². The highest BCUT2D eigenvalue weighted by Gasteiger charge is 2.17. The first kappa shape index (κ1) is 14.4. The Morgan fingerprint density at radius 1 is 1.32 bits per heavy atom. The van der Waals surface area contributed by atoms with E-state index in [2.05, 4.69) is 30.1 Å². The SMILES string of the molecule is CCN(Cc1cc(C)ccc1O)CC1CCNCC1. The number of hydrogen-bond donors (Lipinski definition) is 2. The average Bonchev–Trinajstić information content (AvgIpc) is 2.43. The maximum absolute atomic E-state index is 9.95. The highest BCUT2D eigenvalue weighted by molar-refractivity contribution is 5.35. The first-order valence-electron chi connectivity index (χ1n) is 7.40. The third-order valence-electron chi connectivity index (χ3n) is 4.05. The van der Waals surface area contributed by atoms with Crippen LogP contribution in [0.5, 0.6) is 5.75 Å². The van der Waals surface area contributed by atoms with Gasteiger partial charge >= 0.3 is 0 Å². The second-order valence-electron chi connectivity index (χ2n) is 5.65. The fourth-order valence-electron chi connectivity index (χ4n) is 2.82. The van der Waals surface area contributed by atoms with E-state index in [1.807, 2.05) is 12.1 Å². The Hall–Kier alpha value is -1.06. The lowest BCUT2D eigenvalue weighted by atomic mass is 9.97. The van der Waals surface area contributed by atoms with Crippen molar-refractivity contribution in [2.24, 2.45) is 5.92 Å². The van der Waals surface area contributed by atoms with Gasteiger partial charge < -0.3 is 10.4 Å². The summed E-state index contributed by atoms with van der Waals surface area (Å²) in [5.41, 5.74) is 2.27. The molecule has 2 N–H and O–H groups in total. The molecule has 0 amide bonds. The van der Waals surface area contributed by atoms with Gasteiger partial charge in [0, 0.05) is 18.7 Å². The third-order valence-corrected chi connectivity index (χ3v) is 4.05. The topological polar surface area (TPSA) is 35.5 Å². The molecule has 0 unspecified atom stereocenters. The Bertz CT molecular complexity index is 400. The van der Waals surface area contributed by atoms with E-state index >= 15 is 0 Å². The minimum atomic E-state index is 0.425. The number of aryl methyl sites for hydroxylation is 1. The number of phenolic OH excluding ortho intramolecular Hbond substituents is 1. The van der Waals surface area contributed by atoms with E-state index in [0.717, 1.165) is 44.2 Å². The van der Waals surface area contributed by atoms with Crippen LogP contribution in [0.2, 0.25) is 0 Å². The Labute approximate surface area is 116 Å². The molecule has 3 heteroatoms. The van der Waals surface area contributed by atoms with Crippen LogP contribution >= 0.6 is 0 Å². The Morgan fingerprint density at radius 3 is 2.74 bits per heavy atom. The van der Waals surface area contributed by atoms with Crippen molar-refractivity contribution < 1.29 is 5.11 Å². The summed E-state index contributed by atoms with van der Waals surface area (Å²) in [4.78, 5) is 2.45. The number of nitrogens with one attached hydrogen (secondary N) is 1. The highest BCUT2D eigenvalue weighted by atomic mass is 16.3. The molecule has 1 heterocycles. The molecule has 0 radical (unpaired) electrons. The number of phenols is 1. The van der Waals surface area contributed by atoms with Crippen LogP contribution < -0.4 is 5.32 Å². The summed E-state index contributed by atoms with van der Waals surface area (Å²) >= 11 is 0. The number of rotatable bonds is 5. The number of piperidine rings is 1. The normalized spacial score (nSPS) is 17.0. The molecule has 0 saturated carbocycles. The average molecular weight is 262 g/mol. The molecule has 19 heavy (non-hydrogen) atoms. The van der Waals surface area contributed by atoms with E-state index in [-0.39, 0.29) is 0 Å². The standard InChI is InChI=1S/C16H26N2O/c1-3-18(11-14-6-8-17-9-7-14)12-15-10-13(2)4-5-16(15)19/h4-5,10,14,17,19H,3,6-9,11-12H2,1-2H3. The molecule has 0 atom stereocenters. The van der Waals surface area contributed by atoms with Crippen molar-refractivity contribution in [3.8, 4) is 5.75 Å². The van der Waals surface area contributed by atoms with Gasteiger partial charge in [-0.05, 0) is 51.4 Å². The number of benzene rings is 1. The molecule has 0 spiro atoms. The van der Waals surface area contributed by atoms with Crippen LogP contribution in [0, 0.1) is 12.8 Å². The first-order valence-corrected chi connectivity index (χ1v) is 7.40. The third kappa shape index (κ3) is 4.22. The summed E-state index contributed by atoms with van der Waals surface area (Å²) in [7, 11) is 0. The van der Waals surface area contributed by atoms with Gasteiger partial charge in [0.05, 0.1) is 0 Å². The van der Waals surface area contributed by atoms with Gasteiger partial charge in [-0.3, -0.25) is 4.90 Å². The van der Waals surface area contributed by atoms with Crippen LogP contribution in [0.3, 0.4) is 0 Å². The van der Waals surface area contributed by atoms with Crippen molar-refractivity contribution in [2.45, 2.75) is 33.2 Å². The summed E-state index contributed by atoms with van der Waals surface area (Å²) in [5.74, 6) is 1.22. The van der Waals surface area contributed by atoms with Gasteiger partial charge in [0.2, 0.25) is 0 Å². The van der Waals surface area contributed by atoms with Crippen molar-refractivity contribution in [1.29, 1.82) is 0 Å². The van der Waals surface area contributed by atoms with Gasteiger partial charge in [0.1, 0.15) is 5.75 Å². The van der Waals surface area contributed by atoms with Crippen LogP contribution in [0.15, 0.2) is 18.2 Å². The van der Waals surface area contributed by atoms with E-state index in [1.165, 1.54) is 18.4 Å². The van der Waals surface area contributed by atoms with Crippen LogP contribution in [0.4, 0.5) is 0 Å². The summed E-state index contributed by atoms with van der Waals surface area (Å²) in [6.07, 6.45) is 2.55. The summed E-state index contributed by atoms with van der Waals surface area (Å²) in [6, 6.07) is 5.87. The summed E-state index contributed by atoms with van der Waals surface area (Å²) in [6.45, 7) is 9.62. The lowest BCUT2D eigenvalue weighted by molar-refractivity contribution is 0.205. The van der Waals surface area contributed by atoms with Crippen molar-refractivity contribution in [3.63, 3.8) is 0 Å². The molecular weight excluding hydrogens is 236 g/mol.